The van der Waals surface area contributed by atoms with E-state index < -0.39 is 5.97 Å². The molecule has 20 heavy (non-hydrogen) atoms. The molecule has 0 spiro atoms. The molecule has 2 atom stereocenters. The molecule has 1 aromatic rings. The number of carbonyl (C=O) groups is 2. The van der Waals surface area contributed by atoms with Gasteiger partial charge in [0.25, 0.3) is 0 Å². The summed E-state index contributed by atoms with van der Waals surface area (Å²) < 4.78 is 0. The van der Waals surface area contributed by atoms with Gasteiger partial charge >= 0.3 is 5.97 Å². The molecule has 2 rings (SSSR count). The van der Waals surface area contributed by atoms with Crippen LogP contribution in [0.5, 0.6) is 0 Å². The van der Waals surface area contributed by atoms with Gasteiger partial charge in [0, 0.05) is 12.6 Å². The topological polar surface area (TPSA) is 123 Å². The first-order chi connectivity index (χ1) is 9.40. The third kappa shape index (κ3) is 2.66. The number of hydrogen-bond donors (Lipinski definition) is 3. The maximum Gasteiger partial charge on any atom is 0.354 e. The summed E-state index contributed by atoms with van der Waals surface area (Å²) in [5.74, 6) is -1.32. The Morgan fingerprint density at radius 2 is 2.10 bits per heavy atom. The van der Waals surface area contributed by atoms with Gasteiger partial charge in [-0.2, -0.15) is 0 Å². The summed E-state index contributed by atoms with van der Waals surface area (Å²) in [4.78, 5) is 28.3. The first kappa shape index (κ1) is 14.1. The Morgan fingerprint density at radius 1 is 1.40 bits per heavy atom. The number of hydrogen-bond acceptors (Lipinski definition) is 5. The largest absolute Gasteiger partial charge is 0.477 e. The highest BCUT2D eigenvalue weighted by atomic mass is 16.4. The SMILES string of the molecule is CC1CCC(C(N)=O)CN1c1nc(C(=O)O)ccc1N. The average molecular weight is 278 g/mol. The Morgan fingerprint density at radius 3 is 2.70 bits per heavy atom. The van der Waals surface area contributed by atoms with Crippen molar-refractivity contribution < 1.29 is 14.7 Å². The lowest BCUT2D eigenvalue weighted by Gasteiger charge is -2.38. The Kier molecular flexibility index (Phi) is 3.78. The molecule has 2 heterocycles. The molecule has 0 aliphatic carbocycles. The molecule has 0 bridgehead atoms. The number of carboxylic acid groups (broad SMARTS) is 1. The van der Waals surface area contributed by atoms with Gasteiger partial charge in [-0.05, 0) is 31.9 Å². The molecule has 1 saturated heterocycles. The van der Waals surface area contributed by atoms with Crippen molar-refractivity contribution in [3.8, 4) is 0 Å². The standard InChI is InChI=1S/C13H18N4O3/c1-7-2-3-8(11(15)18)6-17(7)12-9(14)4-5-10(16-12)13(19)20/h4-5,7-8H,2-3,6,14H2,1H3,(H2,15,18)(H,19,20). The molecule has 7 heteroatoms. The fraction of sp³-hybridized carbons (Fsp3) is 0.462. The third-order valence-corrected chi connectivity index (χ3v) is 3.68. The van der Waals surface area contributed by atoms with Crippen molar-refractivity contribution in [2.75, 3.05) is 17.2 Å². The number of amides is 1. The second kappa shape index (κ2) is 5.36. The van der Waals surface area contributed by atoms with Crippen molar-refractivity contribution in [3.63, 3.8) is 0 Å². The molecule has 1 fully saturated rings. The summed E-state index contributed by atoms with van der Waals surface area (Å²) in [6.07, 6.45) is 1.51. The molecule has 108 valence electrons. The summed E-state index contributed by atoms with van der Waals surface area (Å²) >= 11 is 0. The van der Waals surface area contributed by atoms with Crippen molar-refractivity contribution in [1.29, 1.82) is 0 Å². The highest BCUT2D eigenvalue weighted by molar-refractivity contribution is 5.87. The van der Waals surface area contributed by atoms with E-state index in [4.69, 9.17) is 16.6 Å². The second-order valence-corrected chi connectivity index (χ2v) is 5.09. The molecule has 5 N–H and O–H groups in total. The smallest absolute Gasteiger partial charge is 0.354 e. The lowest BCUT2D eigenvalue weighted by molar-refractivity contribution is -0.122. The van der Waals surface area contributed by atoms with E-state index in [1.807, 2.05) is 11.8 Å². The predicted molar refractivity (Wildman–Crippen MR) is 74.3 cm³/mol. The zero-order chi connectivity index (χ0) is 14.9. The fourth-order valence-corrected chi connectivity index (χ4v) is 2.44. The second-order valence-electron chi connectivity index (χ2n) is 5.09. The Bertz CT molecular complexity index is 546. The lowest BCUT2D eigenvalue weighted by Crippen LogP contribution is -2.46. The number of anilines is 2. The summed E-state index contributed by atoms with van der Waals surface area (Å²) in [5, 5.41) is 9.01. The normalized spacial score (nSPS) is 22.6. The first-order valence-corrected chi connectivity index (χ1v) is 6.46. The average Bonchev–Trinajstić information content (AvgIpc) is 2.39. The number of nitrogens with zero attached hydrogens (tertiary/aromatic N) is 2. The number of aromatic nitrogens is 1. The van der Waals surface area contributed by atoms with Gasteiger partial charge in [0.05, 0.1) is 11.6 Å². The van der Waals surface area contributed by atoms with Crippen LogP contribution in [0.3, 0.4) is 0 Å². The summed E-state index contributed by atoms with van der Waals surface area (Å²) in [5.41, 5.74) is 11.6. The van der Waals surface area contributed by atoms with E-state index in [1.54, 1.807) is 0 Å². The van der Waals surface area contributed by atoms with Gasteiger partial charge in [-0.1, -0.05) is 0 Å². The molecule has 7 nitrogen and oxygen atoms in total. The van der Waals surface area contributed by atoms with Gasteiger partial charge < -0.3 is 21.5 Å². The minimum absolute atomic E-state index is 0.0670. The van der Waals surface area contributed by atoms with Crippen LogP contribution in [0.15, 0.2) is 12.1 Å². The lowest BCUT2D eigenvalue weighted by atomic mass is 9.93. The number of pyridine rings is 1. The van der Waals surface area contributed by atoms with Crippen LogP contribution in [0.2, 0.25) is 0 Å². The molecule has 1 aliphatic rings. The van der Waals surface area contributed by atoms with Gasteiger partial charge in [0.15, 0.2) is 11.5 Å². The van der Waals surface area contributed by atoms with Gasteiger partial charge in [-0.3, -0.25) is 4.79 Å². The van der Waals surface area contributed by atoms with Crippen LogP contribution in [0.1, 0.15) is 30.3 Å². The molecular weight excluding hydrogens is 260 g/mol. The van der Waals surface area contributed by atoms with Gasteiger partial charge in [-0.25, -0.2) is 9.78 Å². The maximum absolute atomic E-state index is 11.3. The number of nitrogen functional groups attached to an aromatic ring is 1. The first-order valence-electron chi connectivity index (χ1n) is 6.46. The van der Waals surface area contributed by atoms with Crippen LogP contribution < -0.4 is 16.4 Å². The van der Waals surface area contributed by atoms with Gasteiger partial charge in [0.1, 0.15) is 0 Å². The molecule has 2 unspecified atom stereocenters. The van der Waals surface area contributed by atoms with Crippen molar-refractivity contribution in [2.24, 2.45) is 11.7 Å². The Labute approximate surface area is 116 Å². The number of carbonyl (C=O) groups excluding carboxylic acids is 1. The number of aromatic carboxylic acids is 1. The number of piperidine rings is 1. The van der Waals surface area contributed by atoms with Crippen LogP contribution in [0, 0.1) is 5.92 Å². The molecule has 0 aromatic carbocycles. The van der Waals surface area contributed by atoms with Crippen LogP contribution in [0.4, 0.5) is 11.5 Å². The summed E-state index contributed by atoms with van der Waals surface area (Å²) in [7, 11) is 0. The zero-order valence-corrected chi connectivity index (χ0v) is 11.2. The van der Waals surface area contributed by atoms with E-state index >= 15 is 0 Å². The van der Waals surface area contributed by atoms with E-state index in [-0.39, 0.29) is 23.6 Å². The number of primary amides is 1. The summed E-state index contributed by atoms with van der Waals surface area (Å²) in [6, 6.07) is 3.01. The zero-order valence-electron chi connectivity index (χ0n) is 11.2. The van der Waals surface area contributed by atoms with E-state index in [0.717, 1.165) is 12.8 Å². The van der Waals surface area contributed by atoms with E-state index in [1.165, 1.54) is 12.1 Å². The number of carboxylic acids is 1. The Balaban J connectivity index is 2.35. The fourth-order valence-electron chi connectivity index (χ4n) is 2.44. The predicted octanol–water partition coefficient (Wildman–Crippen LogP) is 0.452. The molecular formula is C13H18N4O3. The Hall–Kier alpha value is -2.31. The van der Waals surface area contributed by atoms with Crippen molar-refractivity contribution in [1.82, 2.24) is 4.98 Å². The van der Waals surface area contributed by atoms with E-state index in [9.17, 15) is 9.59 Å². The van der Waals surface area contributed by atoms with Crippen molar-refractivity contribution >= 4 is 23.4 Å². The molecule has 1 amide bonds. The highest BCUT2D eigenvalue weighted by Crippen LogP contribution is 2.30. The third-order valence-electron chi connectivity index (χ3n) is 3.68. The maximum atomic E-state index is 11.3. The van der Waals surface area contributed by atoms with Crippen LogP contribution in [-0.4, -0.2) is 34.6 Å². The molecule has 0 saturated carbocycles. The van der Waals surface area contributed by atoms with Gasteiger partial charge in [0.2, 0.25) is 5.91 Å². The molecule has 1 aromatic heterocycles. The molecule has 1 aliphatic heterocycles. The van der Waals surface area contributed by atoms with Crippen LogP contribution >= 0.6 is 0 Å². The highest BCUT2D eigenvalue weighted by Gasteiger charge is 2.30. The van der Waals surface area contributed by atoms with Gasteiger partial charge in [-0.15, -0.1) is 0 Å². The number of rotatable bonds is 3. The van der Waals surface area contributed by atoms with Crippen LogP contribution in [-0.2, 0) is 4.79 Å². The van der Waals surface area contributed by atoms with Crippen molar-refractivity contribution in [3.05, 3.63) is 17.8 Å². The van der Waals surface area contributed by atoms with Crippen molar-refractivity contribution in [2.45, 2.75) is 25.8 Å². The monoisotopic (exact) mass is 278 g/mol. The quantitative estimate of drug-likeness (QED) is 0.737. The minimum atomic E-state index is -1.11. The number of nitrogens with two attached hydrogens (primary N) is 2. The molecule has 0 radical (unpaired) electrons. The van der Waals surface area contributed by atoms with E-state index in [0.29, 0.717) is 18.1 Å². The summed E-state index contributed by atoms with van der Waals surface area (Å²) in [6.45, 7) is 2.41. The minimum Gasteiger partial charge on any atom is -0.477 e. The van der Waals surface area contributed by atoms with Crippen LogP contribution in [0.25, 0.3) is 0 Å². The van der Waals surface area contributed by atoms with E-state index in [2.05, 4.69) is 4.98 Å².